The Bertz CT molecular complexity index is 402. The van der Waals surface area contributed by atoms with Crippen LogP contribution >= 0.6 is 24.0 Å². The number of nitrogens with zero attached hydrogens (tertiary/aromatic N) is 4. The molecule has 0 saturated heterocycles. The van der Waals surface area contributed by atoms with E-state index in [2.05, 4.69) is 39.7 Å². The van der Waals surface area contributed by atoms with Gasteiger partial charge in [-0.1, -0.05) is 6.92 Å². The number of hydrogen-bond acceptors (Lipinski definition) is 3. The molecule has 2 N–H and O–H groups in total. The van der Waals surface area contributed by atoms with Gasteiger partial charge in [-0.15, -0.1) is 34.2 Å². The number of hydrogen-bond donors (Lipinski definition) is 2. The second-order valence-electron chi connectivity index (χ2n) is 4.52. The number of aryl methyl sites for hydroxylation is 1. The van der Waals surface area contributed by atoms with Gasteiger partial charge in [0.25, 0.3) is 0 Å². The molecule has 0 aromatic carbocycles. The van der Waals surface area contributed by atoms with E-state index in [0.29, 0.717) is 12.6 Å². The minimum Gasteiger partial charge on any atom is -0.357 e. The lowest BCUT2D eigenvalue weighted by atomic mass is 10.5. The van der Waals surface area contributed by atoms with Gasteiger partial charge in [-0.05, 0) is 19.3 Å². The van der Waals surface area contributed by atoms with Crippen molar-refractivity contribution in [1.29, 1.82) is 0 Å². The first-order chi connectivity index (χ1) is 8.20. The molecule has 102 valence electrons. The minimum absolute atomic E-state index is 0. The maximum Gasteiger partial charge on any atom is 0.191 e. The number of nitrogens with one attached hydrogen (secondary N) is 2. The van der Waals surface area contributed by atoms with E-state index in [1.165, 1.54) is 6.42 Å². The Morgan fingerprint density at radius 1 is 1.61 bits per heavy atom. The normalized spacial score (nSPS) is 22.3. The summed E-state index contributed by atoms with van der Waals surface area (Å²) in [6.07, 6.45) is 2.92. The minimum atomic E-state index is 0. The second-order valence-corrected chi connectivity index (χ2v) is 4.52. The summed E-state index contributed by atoms with van der Waals surface area (Å²) < 4.78 is 1.88. The fourth-order valence-electron chi connectivity index (χ4n) is 1.62. The molecule has 6 nitrogen and oxygen atoms in total. The van der Waals surface area contributed by atoms with E-state index in [1.54, 1.807) is 6.33 Å². The van der Waals surface area contributed by atoms with Crippen molar-refractivity contribution in [3.8, 4) is 0 Å². The van der Waals surface area contributed by atoms with Crippen molar-refractivity contribution in [2.45, 2.75) is 32.9 Å². The number of guanidine groups is 1. The van der Waals surface area contributed by atoms with Crippen molar-refractivity contribution in [3.63, 3.8) is 0 Å². The van der Waals surface area contributed by atoms with E-state index in [4.69, 9.17) is 0 Å². The van der Waals surface area contributed by atoms with Crippen molar-refractivity contribution in [2.24, 2.45) is 18.0 Å². The van der Waals surface area contributed by atoms with Crippen molar-refractivity contribution in [3.05, 3.63) is 12.2 Å². The molecule has 0 amide bonds. The van der Waals surface area contributed by atoms with Crippen LogP contribution in [0.5, 0.6) is 0 Å². The molecular weight excluding hydrogens is 343 g/mol. The van der Waals surface area contributed by atoms with Crippen molar-refractivity contribution in [1.82, 2.24) is 25.4 Å². The first-order valence-electron chi connectivity index (χ1n) is 6.08. The average molecular weight is 364 g/mol. The van der Waals surface area contributed by atoms with Gasteiger partial charge in [-0.25, -0.2) is 4.99 Å². The third-order valence-corrected chi connectivity index (χ3v) is 2.96. The number of rotatable bonds is 4. The predicted octanol–water partition coefficient (Wildman–Crippen LogP) is 0.897. The fourth-order valence-corrected chi connectivity index (χ4v) is 1.62. The van der Waals surface area contributed by atoms with Crippen molar-refractivity contribution < 1.29 is 0 Å². The fraction of sp³-hybridized carbons (Fsp3) is 0.727. The summed E-state index contributed by atoms with van der Waals surface area (Å²) in [7, 11) is 1.92. The largest absolute Gasteiger partial charge is 0.357 e. The molecular formula is C11H21IN6. The summed E-state index contributed by atoms with van der Waals surface area (Å²) in [5, 5.41) is 14.5. The van der Waals surface area contributed by atoms with E-state index in [0.717, 1.165) is 24.2 Å². The van der Waals surface area contributed by atoms with Gasteiger partial charge in [-0.2, -0.15) is 0 Å². The lowest BCUT2D eigenvalue weighted by Gasteiger charge is -2.10. The molecule has 2 atom stereocenters. The maximum absolute atomic E-state index is 4.50. The first-order valence-corrected chi connectivity index (χ1v) is 6.08. The van der Waals surface area contributed by atoms with Crippen LogP contribution in [-0.2, 0) is 13.6 Å². The smallest absolute Gasteiger partial charge is 0.191 e. The molecule has 1 fully saturated rings. The topological polar surface area (TPSA) is 67.1 Å². The van der Waals surface area contributed by atoms with Crippen LogP contribution in [0.2, 0.25) is 0 Å². The lowest BCUT2D eigenvalue weighted by molar-refractivity contribution is 0.747. The van der Waals surface area contributed by atoms with E-state index in [-0.39, 0.29) is 24.0 Å². The van der Waals surface area contributed by atoms with Crippen LogP contribution in [0.3, 0.4) is 0 Å². The van der Waals surface area contributed by atoms with Gasteiger partial charge in [0.1, 0.15) is 12.9 Å². The van der Waals surface area contributed by atoms with Crippen LogP contribution in [0.25, 0.3) is 0 Å². The zero-order valence-electron chi connectivity index (χ0n) is 11.1. The highest BCUT2D eigenvalue weighted by atomic mass is 127. The number of aliphatic imine (C=N–C) groups is 1. The Morgan fingerprint density at radius 2 is 2.33 bits per heavy atom. The first kappa shape index (κ1) is 15.2. The molecule has 1 aromatic heterocycles. The molecule has 2 unspecified atom stereocenters. The molecule has 1 aromatic rings. The molecule has 1 heterocycles. The summed E-state index contributed by atoms with van der Waals surface area (Å²) in [5.74, 6) is 2.49. The summed E-state index contributed by atoms with van der Waals surface area (Å²) in [5.41, 5.74) is 0. The molecule has 1 saturated carbocycles. The van der Waals surface area contributed by atoms with Crippen molar-refractivity contribution in [2.75, 3.05) is 6.54 Å². The van der Waals surface area contributed by atoms with E-state index >= 15 is 0 Å². The Labute approximate surface area is 125 Å². The Morgan fingerprint density at radius 3 is 2.83 bits per heavy atom. The van der Waals surface area contributed by atoms with Crippen LogP contribution in [0.15, 0.2) is 11.3 Å². The quantitative estimate of drug-likeness (QED) is 0.473. The summed E-state index contributed by atoms with van der Waals surface area (Å²) in [6.45, 7) is 5.72. The molecule has 1 aliphatic rings. The second kappa shape index (κ2) is 6.91. The van der Waals surface area contributed by atoms with Crippen LogP contribution in [0.1, 0.15) is 26.1 Å². The van der Waals surface area contributed by atoms with Crippen LogP contribution in [0.4, 0.5) is 0 Å². The van der Waals surface area contributed by atoms with Gasteiger partial charge < -0.3 is 15.2 Å². The van der Waals surface area contributed by atoms with Crippen LogP contribution in [0, 0.1) is 5.92 Å². The number of halogens is 1. The zero-order valence-corrected chi connectivity index (χ0v) is 13.4. The Hall–Kier alpha value is -0.860. The standard InChI is InChI=1S/C11H20N6.HI/c1-4-12-11(15-9-5-8(9)2)13-6-10-16-14-7-17(10)3;/h7-9H,4-6H2,1-3H3,(H2,12,13,15);1H. The van der Waals surface area contributed by atoms with Gasteiger partial charge in [0, 0.05) is 19.6 Å². The summed E-state index contributed by atoms with van der Waals surface area (Å²) in [4.78, 5) is 4.50. The highest BCUT2D eigenvalue weighted by Crippen LogP contribution is 2.28. The average Bonchev–Trinajstić information content (AvgIpc) is 2.83. The molecule has 2 rings (SSSR count). The lowest BCUT2D eigenvalue weighted by Crippen LogP contribution is -2.39. The van der Waals surface area contributed by atoms with Gasteiger partial charge >= 0.3 is 0 Å². The molecule has 7 heteroatoms. The SMILES string of the molecule is CCNC(=NCc1nncn1C)NC1CC1C.I. The number of aromatic nitrogens is 3. The van der Waals surface area contributed by atoms with Crippen LogP contribution in [-0.4, -0.2) is 33.3 Å². The van der Waals surface area contributed by atoms with Crippen LogP contribution < -0.4 is 10.6 Å². The molecule has 0 radical (unpaired) electrons. The molecule has 1 aliphatic carbocycles. The Kier molecular flexibility index (Phi) is 5.83. The van der Waals surface area contributed by atoms with E-state index < -0.39 is 0 Å². The van der Waals surface area contributed by atoms with E-state index in [1.807, 2.05) is 11.6 Å². The van der Waals surface area contributed by atoms with Gasteiger partial charge in [0.2, 0.25) is 0 Å². The third kappa shape index (κ3) is 4.11. The van der Waals surface area contributed by atoms with Gasteiger partial charge in [-0.3, -0.25) is 0 Å². The maximum atomic E-state index is 4.50. The third-order valence-electron chi connectivity index (χ3n) is 2.96. The monoisotopic (exact) mass is 364 g/mol. The molecule has 18 heavy (non-hydrogen) atoms. The predicted molar refractivity (Wildman–Crippen MR) is 81.9 cm³/mol. The highest BCUT2D eigenvalue weighted by Gasteiger charge is 2.33. The summed E-state index contributed by atoms with van der Waals surface area (Å²) in [6, 6.07) is 0.576. The van der Waals surface area contributed by atoms with E-state index in [9.17, 15) is 0 Å². The zero-order chi connectivity index (χ0) is 12.3. The van der Waals surface area contributed by atoms with Gasteiger partial charge in [0.05, 0.1) is 0 Å². The molecule has 0 spiro atoms. The molecule has 0 bridgehead atoms. The van der Waals surface area contributed by atoms with Crippen molar-refractivity contribution >= 4 is 29.9 Å². The van der Waals surface area contributed by atoms with Gasteiger partial charge in [0.15, 0.2) is 11.8 Å². The summed E-state index contributed by atoms with van der Waals surface area (Å²) >= 11 is 0. The molecule has 0 aliphatic heterocycles. The highest BCUT2D eigenvalue weighted by molar-refractivity contribution is 14.0. The Balaban J connectivity index is 0.00000162.